The molecule has 0 radical (unpaired) electrons. The first-order chi connectivity index (χ1) is 17.9. The van der Waals surface area contributed by atoms with Gasteiger partial charge in [-0.3, -0.25) is 9.59 Å². The van der Waals surface area contributed by atoms with Crippen LogP contribution in [0.5, 0.6) is 5.75 Å². The normalized spacial score (nSPS) is 10.6. The number of hydrogen-bond donors (Lipinski definition) is 2. The summed E-state index contributed by atoms with van der Waals surface area (Å²) in [6, 6.07) is 27.1. The van der Waals surface area contributed by atoms with Gasteiger partial charge in [0.2, 0.25) is 0 Å². The average Bonchev–Trinajstić information content (AvgIpc) is 2.91. The molecule has 4 rings (SSSR count). The lowest BCUT2D eigenvalue weighted by atomic mass is 10.1. The number of para-hydroxylation sites is 1. The Morgan fingerprint density at radius 3 is 2.16 bits per heavy atom. The molecule has 0 fully saturated rings. The summed E-state index contributed by atoms with van der Waals surface area (Å²) in [7, 11) is 0. The van der Waals surface area contributed by atoms with Gasteiger partial charge in [-0.15, -0.1) is 0 Å². The Morgan fingerprint density at radius 1 is 0.730 bits per heavy atom. The number of rotatable bonds is 7. The lowest BCUT2D eigenvalue weighted by molar-refractivity contribution is 0.0733. The molecule has 0 saturated carbocycles. The first-order valence-corrected chi connectivity index (χ1v) is 12.6. The largest absolute Gasteiger partial charge is 0.422 e. The van der Waals surface area contributed by atoms with Crippen LogP contribution in [0.4, 0.5) is 5.69 Å². The molecule has 7 nitrogen and oxygen atoms in total. The van der Waals surface area contributed by atoms with Gasteiger partial charge in [-0.2, -0.15) is 5.10 Å². The highest BCUT2D eigenvalue weighted by Gasteiger charge is 2.15. The van der Waals surface area contributed by atoms with Crippen molar-refractivity contribution >= 4 is 61.5 Å². The van der Waals surface area contributed by atoms with Crippen LogP contribution in [-0.4, -0.2) is 24.0 Å². The van der Waals surface area contributed by atoms with E-state index in [1.807, 2.05) is 6.07 Å². The second kappa shape index (κ2) is 12.2. The zero-order valence-corrected chi connectivity index (χ0v) is 22.3. The number of hydrogen-bond acceptors (Lipinski definition) is 5. The van der Waals surface area contributed by atoms with E-state index in [1.54, 1.807) is 91.0 Å². The average molecular weight is 621 g/mol. The van der Waals surface area contributed by atoms with Crippen LogP contribution in [0.15, 0.2) is 111 Å². The van der Waals surface area contributed by atoms with Crippen molar-refractivity contribution in [3.63, 3.8) is 0 Å². The van der Waals surface area contributed by atoms with E-state index in [4.69, 9.17) is 4.74 Å². The predicted octanol–water partition coefficient (Wildman–Crippen LogP) is 6.45. The fourth-order valence-electron chi connectivity index (χ4n) is 3.25. The molecule has 4 aromatic rings. The summed E-state index contributed by atoms with van der Waals surface area (Å²) < 4.78 is 7.12. The Balaban J connectivity index is 1.47. The lowest BCUT2D eigenvalue weighted by Gasteiger charge is -2.10. The molecule has 0 aromatic heterocycles. The van der Waals surface area contributed by atoms with Gasteiger partial charge in [0.25, 0.3) is 11.8 Å². The van der Waals surface area contributed by atoms with Gasteiger partial charge in [-0.05, 0) is 66.7 Å². The fourth-order valence-corrected chi connectivity index (χ4v) is 3.90. The number of nitrogens with zero attached hydrogens (tertiary/aromatic N) is 1. The number of carbonyl (C=O) groups excluding carboxylic acids is 3. The number of anilines is 1. The Morgan fingerprint density at radius 2 is 1.41 bits per heavy atom. The van der Waals surface area contributed by atoms with Crippen molar-refractivity contribution in [2.24, 2.45) is 5.10 Å². The van der Waals surface area contributed by atoms with E-state index in [9.17, 15) is 14.4 Å². The standard InChI is InChI=1S/C28H19Br2N3O4/c29-21-12-10-18(11-13-21)26(34)32-24-9-5-4-8-23(24)27(35)33-31-17-20-16-22(30)14-15-25(20)37-28(36)19-6-2-1-3-7-19/h1-17H,(H,32,34)(H,33,35)/b31-17-. The Bertz CT molecular complexity index is 1470. The van der Waals surface area contributed by atoms with E-state index < -0.39 is 11.9 Å². The molecular weight excluding hydrogens is 602 g/mol. The number of benzene rings is 4. The number of esters is 1. The van der Waals surface area contributed by atoms with E-state index in [0.717, 1.165) is 8.95 Å². The van der Waals surface area contributed by atoms with Crippen LogP contribution in [0.2, 0.25) is 0 Å². The quantitative estimate of drug-likeness (QED) is 0.107. The van der Waals surface area contributed by atoms with Crippen LogP contribution in [0.25, 0.3) is 0 Å². The number of carbonyl (C=O) groups is 3. The first-order valence-electron chi connectivity index (χ1n) is 11.0. The number of nitrogens with one attached hydrogen (secondary N) is 2. The second-order valence-electron chi connectivity index (χ2n) is 7.64. The van der Waals surface area contributed by atoms with Crippen LogP contribution in [-0.2, 0) is 0 Å². The molecule has 0 spiro atoms. The maximum Gasteiger partial charge on any atom is 0.343 e. The van der Waals surface area contributed by atoms with E-state index in [1.165, 1.54) is 6.21 Å². The summed E-state index contributed by atoms with van der Waals surface area (Å²) in [4.78, 5) is 38.0. The van der Waals surface area contributed by atoms with Gasteiger partial charge in [0.05, 0.1) is 23.0 Å². The topological polar surface area (TPSA) is 96.9 Å². The molecule has 0 heterocycles. The number of hydrazone groups is 1. The zero-order valence-electron chi connectivity index (χ0n) is 19.2. The molecule has 37 heavy (non-hydrogen) atoms. The SMILES string of the molecule is O=C(Nc1ccccc1C(=O)N/N=C\c1cc(Br)ccc1OC(=O)c1ccccc1)c1ccc(Br)cc1. The van der Waals surface area contributed by atoms with Crippen LogP contribution in [0.1, 0.15) is 36.6 Å². The molecule has 9 heteroatoms. The van der Waals surface area contributed by atoms with Crippen LogP contribution < -0.4 is 15.5 Å². The zero-order chi connectivity index (χ0) is 26.2. The molecule has 0 aliphatic rings. The lowest BCUT2D eigenvalue weighted by Crippen LogP contribution is -2.21. The summed E-state index contributed by atoms with van der Waals surface area (Å²) in [5.41, 5.74) is 4.35. The molecule has 2 N–H and O–H groups in total. The maximum absolute atomic E-state index is 12.9. The minimum absolute atomic E-state index is 0.232. The van der Waals surface area contributed by atoms with E-state index >= 15 is 0 Å². The Hall–Kier alpha value is -4.08. The van der Waals surface area contributed by atoms with Crippen molar-refractivity contribution in [2.75, 3.05) is 5.32 Å². The highest BCUT2D eigenvalue weighted by molar-refractivity contribution is 9.10. The third-order valence-electron chi connectivity index (χ3n) is 5.08. The van der Waals surface area contributed by atoms with Crippen molar-refractivity contribution < 1.29 is 19.1 Å². The minimum Gasteiger partial charge on any atom is -0.422 e. The van der Waals surface area contributed by atoms with Gasteiger partial charge < -0.3 is 10.1 Å². The molecule has 184 valence electrons. The molecule has 0 atom stereocenters. The monoisotopic (exact) mass is 619 g/mol. The minimum atomic E-state index is -0.527. The molecule has 0 aliphatic heterocycles. The van der Waals surface area contributed by atoms with Crippen molar-refractivity contribution in [1.82, 2.24) is 5.43 Å². The molecule has 0 unspecified atom stereocenters. The molecule has 4 aromatic carbocycles. The highest BCUT2D eigenvalue weighted by Crippen LogP contribution is 2.23. The first kappa shape index (κ1) is 26.0. The van der Waals surface area contributed by atoms with Crippen LogP contribution >= 0.6 is 31.9 Å². The Labute approximate surface area is 229 Å². The summed E-state index contributed by atoms with van der Waals surface area (Å²) in [5.74, 6) is -1.12. The fraction of sp³-hybridized carbons (Fsp3) is 0. The highest BCUT2D eigenvalue weighted by atomic mass is 79.9. The van der Waals surface area contributed by atoms with E-state index in [2.05, 4.69) is 47.7 Å². The summed E-state index contributed by atoms with van der Waals surface area (Å²) >= 11 is 6.73. The third-order valence-corrected chi connectivity index (χ3v) is 6.10. The molecular formula is C28H19Br2N3O4. The van der Waals surface area contributed by atoms with E-state index in [0.29, 0.717) is 22.4 Å². The van der Waals surface area contributed by atoms with Crippen LogP contribution in [0.3, 0.4) is 0 Å². The van der Waals surface area contributed by atoms with Crippen molar-refractivity contribution in [2.45, 2.75) is 0 Å². The smallest absolute Gasteiger partial charge is 0.343 e. The van der Waals surface area contributed by atoms with Crippen molar-refractivity contribution in [1.29, 1.82) is 0 Å². The Kier molecular flexibility index (Phi) is 8.60. The van der Waals surface area contributed by atoms with Gasteiger partial charge in [-0.25, -0.2) is 10.2 Å². The van der Waals surface area contributed by atoms with Crippen molar-refractivity contribution in [3.8, 4) is 5.75 Å². The van der Waals surface area contributed by atoms with Gasteiger partial charge in [0.15, 0.2) is 0 Å². The molecule has 2 amide bonds. The van der Waals surface area contributed by atoms with Gasteiger partial charge >= 0.3 is 5.97 Å². The van der Waals surface area contributed by atoms with Crippen molar-refractivity contribution in [3.05, 3.63) is 128 Å². The number of halogens is 2. The molecule has 0 bridgehead atoms. The molecule has 0 saturated heterocycles. The summed E-state index contributed by atoms with van der Waals surface area (Å²) in [5, 5.41) is 6.79. The predicted molar refractivity (Wildman–Crippen MR) is 149 cm³/mol. The van der Waals surface area contributed by atoms with Gasteiger partial charge in [0, 0.05) is 20.1 Å². The summed E-state index contributed by atoms with van der Waals surface area (Å²) in [6.45, 7) is 0. The van der Waals surface area contributed by atoms with Gasteiger partial charge in [-0.1, -0.05) is 62.2 Å². The number of ether oxygens (including phenoxy) is 1. The maximum atomic E-state index is 12.9. The molecule has 0 aliphatic carbocycles. The number of amides is 2. The summed E-state index contributed by atoms with van der Waals surface area (Å²) in [6.07, 6.45) is 1.37. The van der Waals surface area contributed by atoms with Gasteiger partial charge in [0.1, 0.15) is 5.75 Å². The van der Waals surface area contributed by atoms with Crippen LogP contribution in [0, 0.1) is 0 Å². The van der Waals surface area contributed by atoms with E-state index in [-0.39, 0.29) is 17.2 Å². The third kappa shape index (κ3) is 6.99. The second-order valence-corrected chi connectivity index (χ2v) is 9.47.